The molecule has 1 aliphatic rings. The van der Waals surface area contributed by atoms with E-state index in [1.807, 2.05) is 24.3 Å². The van der Waals surface area contributed by atoms with Gasteiger partial charge in [-0.2, -0.15) is 0 Å². The summed E-state index contributed by atoms with van der Waals surface area (Å²) in [7, 11) is 0. The lowest BCUT2D eigenvalue weighted by Gasteiger charge is -2.18. The number of aromatic nitrogens is 1. The van der Waals surface area contributed by atoms with E-state index in [2.05, 4.69) is 31.5 Å². The Kier molecular flexibility index (Phi) is 7.77. The Morgan fingerprint density at radius 3 is 2.69 bits per heavy atom. The van der Waals surface area contributed by atoms with Gasteiger partial charge in [-0.15, -0.1) is 0 Å². The molecule has 0 saturated heterocycles. The van der Waals surface area contributed by atoms with E-state index in [4.69, 9.17) is 4.74 Å². The van der Waals surface area contributed by atoms with Crippen molar-refractivity contribution in [3.63, 3.8) is 0 Å². The number of benzene rings is 2. The third-order valence-corrected chi connectivity index (χ3v) is 6.42. The second-order valence-corrected chi connectivity index (χ2v) is 8.92. The molecule has 4 rings (SSSR count). The average Bonchev–Trinajstić information content (AvgIpc) is 3.32. The maximum Gasteiger partial charge on any atom is 0.414 e. The summed E-state index contributed by atoms with van der Waals surface area (Å²) < 4.78 is 6.00. The molecule has 1 atom stereocenters. The van der Waals surface area contributed by atoms with E-state index < -0.39 is 12.0 Å². The van der Waals surface area contributed by atoms with Crippen molar-refractivity contribution in [2.75, 3.05) is 29.9 Å². The van der Waals surface area contributed by atoms with Crippen LogP contribution in [-0.2, 0) is 16.0 Å². The number of pyridine rings is 1. The van der Waals surface area contributed by atoms with Crippen molar-refractivity contribution in [3.8, 4) is 0 Å². The first-order valence-corrected chi connectivity index (χ1v) is 12.0. The van der Waals surface area contributed by atoms with Crippen molar-refractivity contribution in [1.29, 1.82) is 0 Å². The molecule has 8 nitrogen and oxygen atoms in total. The van der Waals surface area contributed by atoms with E-state index in [0.717, 1.165) is 23.2 Å². The van der Waals surface area contributed by atoms with Gasteiger partial charge in [0.15, 0.2) is 0 Å². The number of amides is 3. The number of rotatable bonds is 7. The second kappa shape index (κ2) is 11.1. The normalized spacial score (nSPS) is 13.0. The zero-order valence-electron chi connectivity index (χ0n) is 19.2. The molecule has 9 heteroatoms. The fraction of sp³-hybridized carbons (Fsp3) is 0.231. The van der Waals surface area contributed by atoms with Gasteiger partial charge < -0.3 is 15.4 Å². The molecule has 0 spiro atoms. The van der Waals surface area contributed by atoms with Crippen molar-refractivity contribution in [2.45, 2.75) is 19.3 Å². The largest absolute Gasteiger partial charge is 0.447 e. The fourth-order valence-corrected chi connectivity index (χ4v) is 4.30. The molecular formula is C26H25BrN4O4. The second-order valence-electron chi connectivity index (χ2n) is 8.07. The highest BCUT2D eigenvalue weighted by Crippen LogP contribution is 2.29. The van der Waals surface area contributed by atoms with E-state index in [9.17, 15) is 14.4 Å². The predicted molar refractivity (Wildman–Crippen MR) is 137 cm³/mol. The maximum atomic E-state index is 12.6. The number of halogens is 1. The molecule has 0 radical (unpaired) electrons. The number of carbonyl (C=O) groups excluding carboxylic acids is 3. The molecule has 3 aromatic rings. The van der Waals surface area contributed by atoms with Crippen LogP contribution in [0.3, 0.4) is 0 Å². The van der Waals surface area contributed by atoms with Crippen LogP contribution in [0.5, 0.6) is 0 Å². The van der Waals surface area contributed by atoms with Crippen LogP contribution in [0.1, 0.15) is 34.5 Å². The summed E-state index contributed by atoms with van der Waals surface area (Å²) in [6.45, 7) is 2.67. The number of fused-ring (bicyclic) bond motifs is 1. The number of nitrogens with one attached hydrogen (secondary N) is 2. The average molecular weight is 537 g/mol. The number of nitrogens with zero attached hydrogens (tertiary/aromatic N) is 2. The number of carbonyl (C=O) groups is 3. The van der Waals surface area contributed by atoms with Gasteiger partial charge in [0.05, 0.1) is 23.8 Å². The number of hydrogen-bond donors (Lipinski definition) is 2. The molecule has 2 N–H and O–H groups in total. The molecule has 1 aliphatic heterocycles. The number of ether oxygens (including phenoxy) is 1. The molecule has 0 fully saturated rings. The molecule has 180 valence electrons. The van der Waals surface area contributed by atoms with Crippen molar-refractivity contribution >= 4 is 45.2 Å². The van der Waals surface area contributed by atoms with Gasteiger partial charge in [-0.05, 0) is 70.7 Å². The monoisotopic (exact) mass is 536 g/mol. The van der Waals surface area contributed by atoms with E-state index in [-0.39, 0.29) is 25.0 Å². The highest BCUT2D eigenvalue weighted by Gasteiger charge is 2.25. The summed E-state index contributed by atoms with van der Waals surface area (Å²) in [5, 5.41) is 5.61. The van der Waals surface area contributed by atoms with Gasteiger partial charge in [-0.1, -0.05) is 30.3 Å². The first-order valence-electron chi connectivity index (χ1n) is 11.3. The summed E-state index contributed by atoms with van der Waals surface area (Å²) in [4.78, 5) is 43.0. The van der Waals surface area contributed by atoms with Gasteiger partial charge in [0, 0.05) is 17.2 Å². The maximum absolute atomic E-state index is 12.6. The zero-order chi connectivity index (χ0) is 24.8. The molecule has 1 aromatic heterocycles. The molecule has 0 saturated carbocycles. The van der Waals surface area contributed by atoms with Crippen LogP contribution < -0.4 is 15.5 Å². The molecule has 2 heterocycles. The minimum Gasteiger partial charge on any atom is -0.447 e. The number of hydrogen-bond acceptors (Lipinski definition) is 5. The molecule has 3 amide bonds. The SMILES string of the molecule is CC(C(=O)NCCOC(=O)N1CCc2ccccc21)c1ccc(NC(=O)c2ccccn2)c(Br)c1. The Morgan fingerprint density at radius 1 is 1.11 bits per heavy atom. The lowest BCUT2D eigenvalue weighted by atomic mass is 10.00. The minimum atomic E-state index is -0.437. The van der Waals surface area contributed by atoms with Crippen LogP contribution in [0, 0.1) is 0 Å². The molecule has 35 heavy (non-hydrogen) atoms. The van der Waals surface area contributed by atoms with Gasteiger partial charge in [-0.3, -0.25) is 19.5 Å². The fourth-order valence-electron chi connectivity index (χ4n) is 3.81. The van der Waals surface area contributed by atoms with Crippen LogP contribution >= 0.6 is 15.9 Å². The standard InChI is InChI=1S/C26H25BrN4O4/c1-17(19-9-10-21(20(27)16-19)30-25(33)22-7-4-5-12-28-22)24(32)29-13-15-35-26(34)31-14-11-18-6-2-3-8-23(18)31/h2-10,12,16-17H,11,13-15H2,1H3,(H,29,32)(H,30,33). The van der Waals surface area contributed by atoms with Crippen molar-refractivity contribution < 1.29 is 19.1 Å². The lowest BCUT2D eigenvalue weighted by Crippen LogP contribution is -2.34. The highest BCUT2D eigenvalue weighted by molar-refractivity contribution is 9.10. The lowest BCUT2D eigenvalue weighted by molar-refractivity contribution is -0.122. The van der Waals surface area contributed by atoms with Gasteiger partial charge in [0.25, 0.3) is 5.91 Å². The van der Waals surface area contributed by atoms with Crippen LogP contribution in [-0.4, -0.2) is 42.6 Å². The Balaban J connectivity index is 1.25. The Hall–Kier alpha value is -3.72. The molecule has 0 aliphatic carbocycles. The minimum absolute atomic E-state index is 0.0815. The van der Waals surface area contributed by atoms with Crippen LogP contribution in [0.2, 0.25) is 0 Å². The van der Waals surface area contributed by atoms with E-state index in [1.54, 1.807) is 54.4 Å². The van der Waals surface area contributed by atoms with Crippen molar-refractivity contribution in [2.24, 2.45) is 0 Å². The summed E-state index contributed by atoms with van der Waals surface area (Å²) in [5.41, 5.74) is 3.66. The number of para-hydroxylation sites is 1. The smallest absolute Gasteiger partial charge is 0.414 e. The van der Waals surface area contributed by atoms with Gasteiger partial charge in [0.1, 0.15) is 12.3 Å². The summed E-state index contributed by atoms with van der Waals surface area (Å²) in [6.07, 6.45) is 1.95. The van der Waals surface area contributed by atoms with Crippen molar-refractivity contribution in [3.05, 3.63) is 88.2 Å². The zero-order valence-corrected chi connectivity index (χ0v) is 20.7. The van der Waals surface area contributed by atoms with E-state index in [0.29, 0.717) is 22.4 Å². The molecule has 2 aromatic carbocycles. The first-order chi connectivity index (χ1) is 16.9. The molecular weight excluding hydrogens is 512 g/mol. The van der Waals surface area contributed by atoms with Crippen LogP contribution in [0.15, 0.2) is 71.3 Å². The summed E-state index contributed by atoms with van der Waals surface area (Å²) >= 11 is 3.46. The Labute approximate surface area is 211 Å². The Morgan fingerprint density at radius 2 is 1.91 bits per heavy atom. The predicted octanol–water partition coefficient (Wildman–Crippen LogP) is 4.52. The quantitative estimate of drug-likeness (QED) is 0.432. The van der Waals surface area contributed by atoms with Crippen LogP contribution in [0.4, 0.5) is 16.2 Å². The van der Waals surface area contributed by atoms with Crippen LogP contribution in [0.25, 0.3) is 0 Å². The Bertz CT molecular complexity index is 1240. The number of anilines is 2. The van der Waals surface area contributed by atoms with Gasteiger partial charge in [0.2, 0.25) is 5.91 Å². The third-order valence-electron chi connectivity index (χ3n) is 5.77. The van der Waals surface area contributed by atoms with Gasteiger partial charge in [-0.25, -0.2) is 4.79 Å². The molecule has 0 bridgehead atoms. The third kappa shape index (κ3) is 5.86. The summed E-state index contributed by atoms with van der Waals surface area (Å²) in [5.74, 6) is -0.949. The van der Waals surface area contributed by atoms with Crippen molar-refractivity contribution in [1.82, 2.24) is 10.3 Å². The van der Waals surface area contributed by atoms with Gasteiger partial charge >= 0.3 is 6.09 Å². The topological polar surface area (TPSA) is 101 Å². The van der Waals surface area contributed by atoms with E-state index >= 15 is 0 Å². The summed E-state index contributed by atoms with van der Waals surface area (Å²) in [6, 6.07) is 18.2. The highest BCUT2D eigenvalue weighted by atomic mass is 79.9. The van der Waals surface area contributed by atoms with E-state index in [1.165, 1.54) is 0 Å². The molecule has 1 unspecified atom stereocenters. The first kappa shape index (κ1) is 24.4.